The molecule has 1 aliphatic carbocycles. The normalized spacial score (nSPS) is 25.3. The van der Waals surface area contributed by atoms with E-state index in [4.69, 9.17) is 10.5 Å². The van der Waals surface area contributed by atoms with Gasteiger partial charge in [0.15, 0.2) is 0 Å². The third-order valence-electron chi connectivity index (χ3n) is 4.23. The molecule has 2 unspecified atom stereocenters. The molecule has 2 rings (SSSR count). The number of amides is 1. The largest absolute Gasteiger partial charge is 0.493 e. The fraction of sp³-hybridized carbons (Fsp3) is 0.588. The molecule has 0 bridgehead atoms. The van der Waals surface area contributed by atoms with Gasteiger partial charge in [0.05, 0.1) is 18.6 Å². The van der Waals surface area contributed by atoms with Gasteiger partial charge in [0, 0.05) is 6.54 Å². The lowest BCUT2D eigenvalue weighted by atomic mass is 9.76. The molecule has 1 amide bonds. The van der Waals surface area contributed by atoms with Gasteiger partial charge in [-0.15, -0.1) is 0 Å². The first kappa shape index (κ1) is 15.8. The summed E-state index contributed by atoms with van der Waals surface area (Å²) in [5, 5.41) is 3.15. The molecule has 0 aliphatic heterocycles. The number of carbonyl (C=O) groups is 1. The Labute approximate surface area is 127 Å². The summed E-state index contributed by atoms with van der Waals surface area (Å²) < 4.78 is 5.56. The quantitative estimate of drug-likeness (QED) is 0.846. The zero-order valence-corrected chi connectivity index (χ0v) is 12.8. The summed E-state index contributed by atoms with van der Waals surface area (Å²) in [5.74, 6) is 1.46. The van der Waals surface area contributed by atoms with Crippen LogP contribution in [-0.4, -0.2) is 24.6 Å². The van der Waals surface area contributed by atoms with Crippen molar-refractivity contribution < 1.29 is 9.53 Å². The minimum Gasteiger partial charge on any atom is -0.493 e. The van der Waals surface area contributed by atoms with Crippen LogP contribution in [0.5, 0.6) is 5.75 Å². The Kier molecular flexibility index (Phi) is 5.62. The van der Waals surface area contributed by atoms with Gasteiger partial charge in [-0.2, -0.15) is 0 Å². The van der Waals surface area contributed by atoms with Crippen molar-refractivity contribution >= 4 is 5.91 Å². The van der Waals surface area contributed by atoms with Gasteiger partial charge in [-0.3, -0.25) is 4.79 Å². The summed E-state index contributed by atoms with van der Waals surface area (Å²) in [6, 6.07) is 9.56. The SMILES string of the molecule is CC1CCCC(CN)(NC(=O)CCOc2ccccc2)C1. The van der Waals surface area contributed by atoms with Crippen LogP contribution in [0.15, 0.2) is 30.3 Å². The number of benzene rings is 1. The van der Waals surface area contributed by atoms with E-state index in [0.717, 1.165) is 25.0 Å². The number of nitrogens with one attached hydrogen (secondary N) is 1. The summed E-state index contributed by atoms with van der Waals surface area (Å²) in [4.78, 5) is 12.1. The fourth-order valence-electron chi connectivity index (χ4n) is 3.15. The summed E-state index contributed by atoms with van der Waals surface area (Å²) >= 11 is 0. The summed E-state index contributed by atoms with van der Waals surface area (Å²) in [6.07, 6.45) is 4.70. The van der Waals surface area contributed by atoms with Gasteiger partial charge in [0.1, 0.15) is 5.75 Å². The summed E-state index contributed by atoms with van der Waals surface area (Å²) in [5.41, 5.74) is 5.72. The molecule has 4 nitrogen and oxygen atoms in total. The lowest BCUT2D eigenvalue weighted by molar-refractivity contribution is -0.124. The van der Waals surface area contributed by atoms with Crippen molar-refractivity contribution in [3.63, 3.8) is 0 Å². The Bertz CT molecular complexity index is 449. The Morgan fingerprint density at radius 1 is 1.43 bits per heavy atom. The third kappa shape index (κ3) is 4.74. The van der Waals surface area contributed by atoms with Gasteiger partial charge in [0.25, 0.3) is 0 Å². The van der Waals surface area contributed by atoms with E-state index in [9.17, 15) is 4.79 Å². The van der Waals surface area contributed by atoms with E-state index in [0.29, 0.717) is 25.5 Å². The van der Waals surface area contributed by atoms with Crippen LogP contribution < -0.4 is 15.8 Å². The van der Waals surface area contributed by atoms with Crippen molar-refractivity contribution in [3.05, 3.63) is 30.3 Å². The molecular weight excluding hydrogens is 264 g/mol. The van der Waals surface area contributed by atoms with Crippen molar-refractivity contribution in [2.45, 2.75) is 44.6 Å². The van der Waals surface area contributed by atoms with E-state index < -0.39 is 0 Å². The lowest BCUT2D eigenvalue weighted by Gasteiger charge is -2.40. The molecule has 1 fully saturated rings. The number of hydrogen-bond acceptors (Lipinski definition) is 3. The van der Waals surface area contributed by atoms with Gasteiger partial charge in [-0.25, -0.2) is 0 Å². The van der Waals surface area contributed by atoms with Crippen LogP contribution in [0.1, 0.15) is 39.0 Å². The summed E-state index contributed by atoms with van der Waals surface area (Å²) in [7, 11) is 0. The highest BCUT2D eigenvalue weighted by molar-refractivity contribution is 5.77. The van der Waals surface area contributed by atoms with Crippen molar-refractivity contribution in [2.24, 2.45) is 11.7 Å². The molecule has 3 N–H and O–H groups in total. The second kappa shape index (κ2) is 7.46. The minimum atomic E-state index is -0.207. The fourth-order valence-corrected chi connectivity index (χ4v) is 3.15. The first-order chi connectivity index (χ1) is 10.1. The Balaban J connectivity index is 1.77. The second-order valence-electron chi connectivity index (χ2n) is 6.15. The number of rotatable bonds is 6. The zero-order valence-electron chi connectivity index (χ0n) is 12.8. The second-order valence-corrected chi connectivity index (χ2v) is 6.15. The average molecular weight is 290 g/mol. The van der Waals surface area contributed by atoms with Crippen LogP contribution >= 0.6 is 0 Å². The van der Waals surface area contributed by atoms with Crippen LogP contribution in [0.25, 0.3) is 0 Å². The van der Waals surface area contributed by atoms with E-state index in [-0.39, 0.29) is 11.4 Å². The maximum absolute atomic E-state index is 12.1. The Morgan fingerprint density at radius 3 is 2.86 bits per heavy atom. The molecule has 0 saturated heterocycles. The molecule has 1 aromatic rings. The van der Waals surface area contributed by atoms with Gasteiger partial charge in [-0.05, 0) is 30.9 Å². The van der Waals surface area contributed by atoms with Gasteiger partial charge in [0.2, 0.25) is 5.91 Å². The molecule has 2 atom stereocenters. The van der Waals surface area contributed by atoms with Gasteiger partial charge < -0.3 is 15.8 Å². The van der Waals surface area contributed by atoms with Crippen LogP contribution in [0, 0.1) is 5.92 Å². The molecule has 0 heterocycles. The van der Waals surface area contributed by atoms with E-state index in [1.807, 2.05) is 30.3 Å². The lowest BCUT2D eigenvalue weighted by Crippen LogP contribution is -2.56. The molecule has 1 aromatic carbocycles. The smallest absolute Gasteiger partial charge is 0.223 e. The molecule has 21 heavy (non-hydrogen) atoms. The summed E-state index contributed by atoms with van der Waals surface area (Å²) in [6.45, 7) is 3.14. The number of carbonyl (C=O) groups excluding carboxylic acids is 1. The van der Waals surface area contributed by atoms with E-state index in [2.05, 4.69) is 12.2 Å². The molecule has 1 aliphatic rings. The topological polar surface area (TPSA) is 64.3 Å². The predicted molar refractivity (Wildman–Crippen MR) is 84.1 cm³/mol. The number of nitrogens with two attached hydrogens (primary N) is 1. The van der Waals surface area contributed by atoms with E-state index in [1.165, 1.54) is 6.42 Å². The monoisotopic (exact) mass is 290 g/mol. The Morgan fingerprint density at radius 2 is 2.19 bits per heavy atom. The molecule has 1 saturated carbocycles. The van der Waals surface area contributed by atoms with E-state index in [1.54, 1.807) is 0 Å². The standard InChI is InChI=1S/C17H26N2O2/c1-14-6-5-10-17(12-14,13-18)19-16(20)9-11-21-15-7-3-2-4-8-15/h2-4,7-8,14H,5-6,9-13,18H2,1H3,(H,19,20). The highest BCUT2D eigenvalue weighted by Crippen LogP contribution is 2.31. The Hall–Kier alpha value is -1.55. The number of para-hydroxylation sites is 1. The number of hydrogen-bond donors (Lipinski definition) is 2. The molecule has 4 heteroatoms. The van der Waals surface area contributed by atoms with Gasteiger partial charge >= 0.3 is 0 Å². The van der Waals surface area contributed by atoms with Crippen LogP contribution in [0.3, 0.4) is 0 Å². The molecule has 0 spiro atoms. The van der Waals surface area contributed by atoms with Crippen LogP contribution in [-0.2, 0) is 4.79 Å². The average Bonchev–Trinajstić information content (AvgIpc) is 2.48. The predicted octanol–water partition coefficient (Wildman–Crippen LogP) is 2.48. The van der Waals surface area contributed by atoms with Crippen LogP contribution in [0.2, 0.25) is 0 Å². The molecule has 0 radical (unpaired) electrons. The zero-order chi connectivity index (χ0) is 15.1. The van der Waals surface area contributed by atoms with Crippen molar-refractivity contribution in [3.8, 4) is 5.75 Å². The molecule has 0 aromatic heterocycles. The minimum absolute atomic E-state index is 0.0329. The highest BCUT2D eigenvalue weighted by Gasteiger charge is 2.34. The molecular formula is C17H26N2O2. The first-order valence-corrected chi connectivity index (χ1v) is 7.82. The van der Waals surface area contributed by atoms with Crippen LogP contribution in [0.4, 0.5) is 0 Å². The van der Waals surface area contributed by atoms with Crippen molar-refractivity contribution in [1.82, 2.24) is 5.32 Å². The third-order valence-corrected chi connectivity index (χ3v) is 4.23. The van der Waals surface area contributed by atoms with Gasteiger partial charge in [-0.1, -0.05) is 38.0 Å². The first-order valence-electron chi connectivity index (χ1n) is 7.82. The maximum Gasteiger partial charge on any atom is 0.223 e. The van der Waals surface area contributed by atoms with E-state index >= 15 is 0 Å². The van der Waals surface area contributed by atoms with Crippen molar-refractivity contribution in [2.75, 3.05) is 13.2 Å². The highest BCUT2D eigenvalue weighted by atomic mass is 16.5. The maximum atomic E-state index is 12.1. The van der Waals surface area contributed by atoms with Crippen molar-refractivity contribution in [1.29, 1.82) is 0 Å². The molecule has 116 valence electrons. The number of ether oxygens (including phenoxy) is 1.